The van der Waals surface area contributed by atoms with Crippen LogP contribution in [0.25, 0.3) is 10.8 Å². The van der Waals surface area contributed by atoms with Crippen molar-refractivity contribution in [2.75, 3.05) is 19.8 Å². The van der Waals surface area contributed by atoms with Crippen LogP contribution in [-0.2, 0) is 6.42 Å². The zero-order chi connectivity index (χ0) is 15.9. The third-order valence-corrected chi connectivity index (χ3v) is 3.74. The Labute approximate surface area is 136 Å². The van der Waals surface area contributed by atoms with Crippen LogP contribution in [0.1, 0.15) is 5.56 Å². The van der Waals surface area contributed by atoms with Crippen LogP contribution in [0.5, 0.6) is 11.5 Å². The molecule has 0 aliphatic carbocycles. The van der Waals surface area contributed by atoms with Crippen molar-refractivity contribution < 1.29 is 9.47 Å². The molecule has 0 aliphatic rings. The molecule has 23 heavy (non-hydrogen) atoms. The molecule has 2 N–H and O–H groups in total. The van der Waals surface area contributed by atoms with Crippen LogP contribution in [0.3, 0.4) is 0 Å². The summed E-state index contributed by atoms with van der Waals surface area (Å²) in [6, 6.07) is 22.2. The Bertz CT molecular complexity index is 756. The first-order valence-corrected chi connectivity index (χ1v) is 7.90. The Morgan fingerprint density at radius 2 is 1.48 bits per heavy atom. The normalized spacial score (nSPS) is 10.7. The van der Waals surface area contributed by atoms with E-state index in [2.05, 4.69) is 18.2 Å². The molecule has 0 heterocycles. The summed E-state index contributed by atoms with van der Waals surface area (Å²) in [6.07, 6.45) is 0.802. The SMILES string of the molecule is NCCc1c(OCCOc2ccccc2)ccc2ccccc12. The second-order valence-corrected chi connectivity index (χ2v) is 5.31. The van der Waals surface area contributed by atoms with Gasteiger partial charge in [0.05, 0.1) is 0 Å². The maximum absolute atomic E-state index is 5.94. The molecule has 0 radical (unpaired) electrons. The average Bonchev–Trinajstić information content (AvgIpc) is 2.61. The van der Waals surface area contributed by atoms with Gasteiger partial charge in [0.15, 0.2) is 0 Å². The van der Waals surface area contributed by atoms with Crippen molar-refractivity contribution in [2.45, 2.75) is 6.42 Å². The summed E-state index contributed by atoms with van der Waals surface area (Å²) in [7, 11) is 0. The molecular formula is C20H21NO2. The van der Waals surface area contributed by atoms with E-state index >= 15 is 0 Å². The smallest absolute Gasteiger partial charge is 0.123 e. The van der Waals surface area contributed by atoms with Crippen LogP contribution in [0.15, 0.2) is 66.7 Å². The molecule has 3 aromatic rings. The molecule has 3 heteroatoms. The second-order valence-electron chi connectivity index (χ2n) is 5.31. The lowest BCUT2D eigenvalue weighted by Gasteiger charge is -2.14. The summed E-state index contributed by atoms with van der Waals surface area (Å²) < 4.78 is 11.6. The molecule has 0 aromatic heterocycles. The van der Waals surface area contributed by atoms with Crippen molar-refractivity contribution in [3.63, 3.8) is 0 Å². The first kappa shape index (κ1) is 15.4. The van der Waals surface area contributed by atoms with Gasteiger partial charge in [-0.15, -0.1) is 0 Å². The molecule has 0 bridgehead atoms. The summed E-state index contributed by atoms with van der Waals surface area (Å²) in [4.78, 5) is 0. The fraction of sp³-hybridized carbons (Fsp3) is 0.200. The van der Waals surface area contributed by atoms with Gasteiger partial charge in [-0.2, -0.15) is 0 Å². The number of rotatable bonds is 7. The molecule has 0 saturated carbocycles. The number of nitrogens with two attached hydrogens (primary N) is 1. The fourth-order valence-electron chi connectivity index (χ4n) is 2.68. The highest BCUT2D eigenvalue weighted by Crippen LogP contribution is 2.28. The Morgan fingerprint density at radius 1 is 0.739 bits per heavy atom. The number of benzene rings is 3. The van der Waals surface area contributed by atoms with Crippen molar-refractivity contribution in [2.24, 2.45) is 5.73 Å². The first-order valence-electron chi connectivity index (χ1n) is 7.90. The summed E-state index contributed by atoms with van der Waals surface area (Å²) in [5.74, 6) is 1.75. The van der Waals surface area contributed by atoms with Crippen LogP contribution < -0.4 is 15.2 Å². The molecule has 0 unspecified atom stereocenters. The van der Waals surface area contributed by atoms with Gasteiger partial charge < -0.3 is 15.2 Å². The van der Waals surface area contributed by atoms with Crippen molar-refractivity contribution >= 4 is 10.8 Å². The zero-order valence-corrected chi connectivity index (χ0v) is 13.1. The Kier molecular flexibility index (Phi) is 5.12. The van der Waals surface area contributed by atoms with Crippen LogP contribution in [0, 0.1) is 0 Å². The van der Waals surface area contributed by atoms with Gasteiger partial charge in [0.25, 0.3) is 0 Å². The minimum absolute atomic E-state index is 0.505. The lowest BCUT2D eigenvalue weighted by molar-refractivity contribution is 0.216. The van der Waals surface area contributed by atoms with E-state index < -0.39 is 0 Å². The van der Waals surface area contributed by atoms with Crippen LogP contribution in [0.2, 0.25) is 0 Å². The topological polar surface area (TPSA) is 44.5 Å². The van der Waals surface area contributed by atoms with Gasteiger partial charge in [-0.3, -0.25) is 0 Å². The third-order valence-electron chi connectivity index (χ3n) is 3.74. The quantitative estimate of drug-likeness (QED) is 0.675. The van der Waals surface area contributed by atoms with Crippen molar-refractivity contribution in [3.8, 4) is 11.5 Å². The number of fused-ring (bicyclic) bond motifs is 1. The highest BCUT2D eigenvalue weighted by Gasteiger charge is 2.08. The number of hydrogen-bond acceptors (Lipinski definition) is 3. The lowest BCUT2D eigenvalue weighted by atomic mass is 10.0. The summed E-state index contributed by atoms with van der Waals surface area (Å²) in [5.41, 5.74) is 6.94. The Balaban J connectivity index is 1.68. The van der Waals surface area contributed by atoms with E-state index in [1.165, 1.54) is 16.3 Å². The minimum Gasteiger partial charge on any atom is -0.490 e. The number of para-hydroxylation sites is 1. The molecule has 3 rings (SSSR count). The predicted molar refractivity (Wildman–Crippen MR) is 94.1 cm³/mol. The van der Waals surface area contributed by atoms with Gasteiger partial charge >= 0.3 is 0 Å². The van der Waals surface area contributed by atoms with E-state index in [1.54, 1.807) is 0 Å². The van der Waals surface area contributed by atoms with Gasteiger partial charge in [-0.25, -0.2) is 0 Å². The molecule has 0 fully saturated rings. The maximum atomic E-state index is 5.94. The molecule has 0 saturated heterocycles. The van der Waals surface area contributed by atoms with E-state index in [9.17, 15) is 0 Å². The van der Waals surface area contributed by atoms with E-state index in [1.807, 2.05) is 48.5 Å². The highest BCUT2D eigenvalue weighted by molar-refractivity contribution is 5.87. The average molecular weight is 307 g/mol. The molecule has 118 valence electrons. The van der Waals surface area contributed by atoms with E-state index in [0.29, 0.717) is 19.8 Å². The van der Waals surface area contributed by atoms with Gasteiger partial charge in [0.2, 0.25) is 0 Å². The predicted octanol–water partition coefficient (Wildman–Crippen LogP) is 3.80. The second kappa shape index (κ2) is 7.65. The van der Waals surface area contributed by atoms with Crippen LogP contribution in [0.4, 0.5) is 0 Å². The molecule has 0 atom stereocenters. The molecule has 0 aliphatic heterocycles. The van der Waals surface area contributed by atoms with Crippen molar-refractivity contribution in [1.82, 2.24) is 0 Å². The van der Waals surface area contributed by atoms with Crippen LogP contribution in [-0.4, -0.2) is 19.8 Å². The Hall–Kier alpha value is -2.52. The molecule has 3 nitrogen and oxygen atoms in total. The van der Waals surface area contributed by atoms with Gasteiger partial charge in [-0.05, 0) is 41.9 Å². The standard InChI is InChI=1S/C20H21NO2/c21-13-12-19-18-9-5-4-6-16(18)10-11-20(19)23-15-14-22-17-7-2-1-3-8-17/h1-11H,12-15,21H2. The van der Waals surface area contributed by atoms with Gasteiger partial charge in [0, 0.05) is 5.56 Å². The van der Waals surface area contributed by atoms with Crippen molar-refractivity contribution in [3.05, 3.63) is 72.3 Å². The molecule has 0 spiro atoms. The summed E-state index contributed by atoms with van der Waals surface area (Å²) >= 11 is 0. The van der Waals surface area contributed by atoms with Crippen LogP contribution >= 0.6 is 0 Å². The molecular weight excluding hydrogens is 286 g/mol. The number of ether oxygens (including phenoxy) is 2. The zero-order valence-electron chi connectivity index (χ0n) is 13.1. The third kappa shape index (κ3) is 3.82. The largest absolute Gasteiger partial charge is 0.490 e. The van der Waals surface area contributed by atoms with Gasteiger partial charge in [-0.1, -0.05) is 48.5 Å². The minimum atomic E-state index is 0.505. The summed E-state index contributed by atoms with van der Waals surface area (Å²) in [6.45, 7) is 1.62. The lowest BCUT2D eigenvalue weighted by Crippen LogP contribution is -2.11. The van der Waals surface area contributed by atoms with Crippen molar-refractivity contribution in [1.29, 1.82) is 0 Å². The fourth-order valence-corrected chi connectivity index (χ4v) is 2.68. The molecule has 3 aromatic carbocycles. The monoisotopic (exact) mass is 307 g/mol. The Morgan fingerprint density at radius 3 is 2.30 bits per heavy atom. The first-order chi connectivity index (χ1) is 11.4. The summed E-state index contributed by atoms with van der Waals surface area (Å²) in [5, 5.41) is 2.42. The van der Waals surface area contributed by atoms with E-state index in [4.69, 9.17) is 15.2 Å². The highest BCUT2D eigenvalue weighted by atomic mass is 16.5. The number of hydrogen-bond donors (Lipinski definition) is 1. The molecule has 0 amide bonds. The van der Waals surface area contributed by atoms with E-state index in [0.717, 1.165) is 17.9 Å². The maximum Gasteiger partial charge on any atom is 0.123 e. The van der Waals surface area contributed by atoms with Gasteiger partial charge in [0.1, 0.15) is 24.7 Å². The van der Waals surface area contributed by atoms with E-state index in [-0.39, 0.29) is 0 Å².